The smallest absolute Gasteiger partial charge is 0.0582 e. The Kier molecular flexibility index (Phi) is 3.86. The van der Waals surface area contributed by atoms with Crippen molar-refractivity contribution in [3.8, 4) is 0 Å². The molecular weight excluding hydrogens is 164 g/mol. The Labute approximate surface area is 78.8 Å². The molecule has 0 saturated carbocycles. The summed E-state index contributed by atoms with van der Waals surface area (Å²) >= 11 is 0. The van der Waals surface area contributed by atoms with Crippen molar-refractivity contribution >= 4 is 0 Å². The molecule has 1 aromatic rings. The summed E-state index contributed by atoms with van der Waals surface area (Å²) in [7, 11) is 0. The molecule has 3 heteroatoms. The Hall–Kier alpha value is -0.930. The summed E-state index contributed by atoms with van der Waals surface area (Å²) < 4.78 is 0. The summed E-state index contributed by atoms with van der Waals surface area (Å²) in [5.41, 5.74) is 2.17. The number of hydrogen-bond donors (Lipinski definition) is 2. The molecular formula is C10H16N2O. The van der Waals surface area contributed by atoms with Crippen molar-refractivity contribution in [2.45, 2.75) is 26.4 Å². The molecule has 1 rings (SSSR count). The van der Waals surface area contributed by atoms with Gasteiger partial charge < -0.3 is 10.4 Å². The zero-order chi connectivity index (χ0) is 9.68. The molecule has 13 heavy (non-hydrogen) atoms. The van der Waals surface area contributed by atoms with Crippen LogP contribution in [0.25, 0.3) is 0 Å². The van der Waals surface area contributed by atoms with Gasteiger partial charge >= 0.3 is 0 Å². The van der Waals surface area contributed by atoms with Gasteiger partial charge in [0.15, 0.2) is 0 Å². The summed E-state index contributed by atoms with van der Waals surface area (Å²) in [6, 6.07) is 4.16. The van der Waals surface area contributed by atoms with Crippen molar-refractivity contribution in [2.75, 3.05) is 6.61 Å². The van der Waals surface area contributed by atoms with Crippen LogP contribution in [-0.4, -0.2) is 22.7 Å². The predicted molar refractivity (Wildman–Crippen MR) is 52.4 cm³/mol. The third-order valence-electron chi connectivity index (χ3n) is 1.88. The minimum Gasteiger partial charge on any atom is -0.395 e. The maximum absolute atomic E-state index is 8.77. The lowest BCUT2D eigenvalue weighted by molar-refractivity contribution is 0.250. The fourth-order valence-electron chi connectivity index (χ4n) is 0.946. The van der Waals surface area contributed by atoms with Crippen molar-refractivity contribution in [3.63, 3.8) is 0 Å². The number of aryl methyl sites for hydroxylation is 1. The van der Waals surface area contributed by atoms with Gasteiger partial charge in [-0.25, -0.2) is 0 Å². The van der Waals surface area contributed by atoms with Gasteiger partial charge in [-0.2, -0.15) is 0 Å². The summed E-state index contributed by atoms with van der Waals surface area (Å²) in [6.07, 6.45) is 1.85. The summed E-state index contributed by atoms with van der Waals surface area (Å²) in [4.78, 5) is 4.24. The SMILES string of the molecule is Cc1ccc(CN[C@@H](C)CO)nc1. The van der Waals surface area contributed by atoms with Crippen molar-refractivity contribution in [3.05, 3.63) is 29.6 Å². The zero-order valence-corrected chi connectivity index (χ0v) is 8.12. The molecule has 0 aliphatic rings. The Morgan fingerprint density at radius 2 is 2.31 bits per heavy atom. The fraction of sp³-hybridized carbons (Fsp3) is 0.500. The molecule has 2 N–H and O–H groups in total. The van der Waals surface area contributed by atoms with Crippen LogP contribution in [0.4, 0.5) is 0 Å². The molecule has 0 aliphatic carbocycles. The Bertz CT molecular complexity index is 246. The number of aliphatic hydroxyl groups is 1. The molecule has 3 nitrogen and oxygen atoms in total. The van der Waals surface area contributed by atoms with E-state index in [0.29, 0.717) is 6.54 Å². The average Bonchev–Trinajstić information content (AvgIpc) is 2.16. The highest BCUT2D eigenvalue weighted by Gasteiger charge is 1.99. The van der Waals surface area contributed by atoms with Crippen LogP contribution in [0.5, 0.6) is 0 Å². The number of rotatable bonds is 4. The first-order valence-electron chi connectivity index (χ1n) is 4.48. The van der Waals surface area contributed by atoms with Gasteiger partial charge in [-0.1, -0.05) is 6.07 Å². The largest absolute Gasteiger partial charge is 0.395 e. The third kappa shape index (κ3) is 3.53. The maximum Gasteiger partial charge on any atom is 0.0582 e. The minimum atomic E-state index is 0.128. The lowest BCUT2D eigenvalue weighted by Gasteiger charge is -2.09. The summed E-state index contributed by atoms with van der Waals surface area (Å²) in [5, 5.41) is 11.9. The van der Waals surface area contributed by atoms with Crippen LogP contribution >= 0.6 is 0 Å². The lowest BCUT2D eigenvalue weighted by atomic mass is 10.2. The molecule has 0 saturated heterocycles. The van der Waals surface area contributed by atoms with Crippen molar-refractivity contribution in [1.29, 1.82) is 0 Å². The Morgan fingerprint density at radius 1 is 1.54 bits per heavy atom. The van der Waals surface area contributed by atoms with Crippen LogP contribution in [0.15, 0.2) is 18.3 Å². The highest BCUT2D eigenvalue weighted by Crippen LogP contribution is 1.98. The summed E-state index contributed by atoms with van der Waals surface area (Å²) in [5.74, 6) is 0. The molecule has 0 radical (unpaired) electrons. The molecule has 0 unspecified atom stereocenters. The van der Waals surface area contributed by atoms with Gasteiger partial charge in [0.1, 0.15) is 0 Å². The first-order chi connectivity index (χ1) is 6.22. The molecule has 0 bridgehead atoms. The van der Waals surface area contributed by atoms with E-state index in [2.05, 4.69) is 10.3 Å². The van der Waals surface area contributed by atoms with Crippen LogP contribution < -0.4 is 5.32 Å². The average molecular weight is 180 g/mol. The highest BCUT2D eigenvalue weighted by molar-refractivity contribution is 5.11. The van der Waals surface area contributed by atoms with E-state index in [4.69, 9.17) is 5.11 Å². The van der Waals surface area contributed by atoms with E-state index in [9.17, 15) is 0 Å². The van der Waals surface area contributed by atoms with E-state index >= 15 is 0 Å². The van der Waals surface area contributed by atoms with E-state index < -0.39 is 0 Å². The van der Waals surface area contributed by atoms with Crippen molar-refractivity contribution in [2.24, 2.45) is 0 Å². The second-order valence-corrected chi connectivity index (χ2v) is 3.29. The number of nitrogens with zero attached hydrogens (tertiary/aromatic N) is 1. The van der Waals surface area contributed by atoms with Crippen LogP contribution in [0.3, 0.4) is 0 Å². The van der Waals surface area contributed by atoms with Gasteiger partial charge in [-0.05, 0) is 25.5 Å². The van der Waals surface area contributed by atoms with Crippen LogP contribution in [0.2, 0.25) is 0 Å². The predicted octanol–water partition coefficient (Wildman–Crippen LogP) is 0.860. The lowest BCUT2D eigenvalue weighted by Crippen LogP contribution is -2.28. The number of aromatic nitrogens is 1. The van der Waals surface area contributed by atoms with E-state index in [1.807, 2.05) is 32.2 Å². The second-order valence-electron chi connectivity index (χ2n) is 3.29. The Morgan fingerprint density at radius 3 is 2.85 bits per heavy atom. The van der Waals surface area contributed by atoms with E-state index in [0.717, 1.165) is 5.69 Å². The fourth-order valence-corrected chi connectivity index (χ4v) is 0.946. The molecule has 1 aromatic heterocycles. The van der Waals surface area contributed by atoms with E-state index in [1.54, 1.807) is 0 Å². The third-order valence-corrected chi connectivity index (χ3v) is 1.88. The first kappa shape index (κ1) is 10.2. The first-order valence-corrected chi connectivity index (χ1v) is 4.48. The van der Waals surface area contributed by atoms with Gasteiger partial charge in [-0.3, -0.25) is 4.98 Å². The molecule has 0 spiro atoms. The minimum absolute atomic E-state index is 0.128. The second kappa shape index (κ2) is 4.94. The molecule has 1 heterocycles. The van der Waals surface area contributed by atoms with Gasteiger partial charge in [-0.15, -0.1) is 0 Å². The molecule has 0 fully saturated rings. The Balaban J connectivity index is 2.41. The topological polar surface area (TPSA) is 45.1 Å². The maximum atomic E-state index is 8.77. The van der Waals surface area contributed by atoms with Crippen LogP contribution in [0, 0.1) is 6.92 Å². The van der Waals surface area contributed by atoms with Crippen LogP contribution in [0.1, 0.15) is 18.2 Å². The van der Waals surface area contributed by atoms with Crippen molar-refractivity contribution < 1.29 is 5.11 Å². The standard InChI is InChI=1S/C10H16N2O/c1-8-3-4-10(12-5-8)6-11-9(2)7-13/h3-5,9,11,13H,6-7H2,1-2H3/t9-/m0/s1. The monoisotopic (exact) mass is 180 g/mol. The normalized spacial score (nSPS) is 12.8. The molecule has 0 aliphatic heterocycles. The van der Waals surface area contributed by atoms with Gasteiger partial charge in [0.05, 0.1) is 12.3 Å². The highest BCUT2D eigenvalue weighted by atomic mass is 16.3. The number of pyridine rings is 1. The van der Waals surface area contributed by atoms with Crippen LogP contribution in [-0.2, 0) is 6.54 Å². The number of hydrogen-bond acceptors (Lipinski definition) is 3. The van der Waals surface area contributed by atoms with Gasteiger partial charge in [0.2, 0.25) is 0 Å². The molecule has 0 aromatic carbocycles. The number of nitrogens with one attached hydrogen (secondary N) is 1. The zero-order valence-electron chi connectivity index (χ0n) is 8.12. The van der Waals surface area contributed by atoms with E-state index in [1.165, 1.54) is 5.56 Å². The van der Waals surface area contributed by atoms with Gasteiger partial charge in [0.25, 0.3) is 0 Å². The number of aliphatic hydroxyl groups excluding tert-OH is 1. The van der Waals surface area contributed by atoms with Gasteiger partial charge in [0, 0.05) is 18.8 Å². The molecule has 1 atom stereocenters. The summed E-state index contributed by atoms with van der Waals surface area (Å²) in [6.45, 7) is 4.82. The molecule has 72 valence electrons. The quantitative estimate of drug-likeness (QED) is 0.722. The van der Waals surface area contributed by atoms with Crippen molar-refractivity contribution in [1.82, 2.24) is 10.3 Å². The molecule has 0 amide bonds. The van der Waals surface area contributed by atoms with E-state index in [-0.39, 0.29) is 12.6 Å².